The SMILES string of the molecule is C=C(C(=O)Oc1cccs1)C(C#N)C(Cl)(Cl)Cl. The van der Waals surface area contributed by atoms with Gasteiger partial charge in [0.15, 0.2) is 5.06 Å². The molecule has 17 heavy (non-hydrogen) atoms. The highest BCUT2D eigenvalue weighted by Crippen LogP contribution is 2.38. The predicted octanol–water partition coefficient (Wildman–Crippen LogP) is 3.72. The average Bonchev–Trinajstić information content (AvgIpc) is 2.69. The summed E-state index contributed by atoms with van der Waals surface area (Å²) in [4.78, 5) is 11.6. The summed E-state index contributed by atoms with van der Waals surface area (Å²) in [5.41, 5.74) is -0.194. The van der Waals surface area contributed by atoms with Crippen LogP contribution in [0.2, 0.25) is 0 Å². The zero-order valence-corrected chi connectivity index (χ0v) is 11.4. The molecule has 1 unspecified atom stereocenters. The van der Waals surface area contributed by atoms with Crippen molar-refractivity contribution in [3.05, 3.63) is 29.7 Å². The molecule has 0 bridgehead atoms. The molecular formula is C10H6Cl3NO2S. The maximum atomic E-state index is 11.6. The molecule has 1 heterocycles. The summed E-state index contributed by atoms with van der Waals surface area (Å²) < 4.78 is 3.03. The first-order valence-corrected chi connectivity index (χ1v) is 6.28. The van der Waals surface area contributed by atoms with Crippen molar-refractivity contribution >= 4 is 52.1 Å². The molecule has 1 atom stereocenters. The van der Waals surface area contributed by atoms with Crippen molar-refractivity contribution in [3.8, 4) is 11.1 Å². The molecule has 0 saturated heterocycles. The van der Waals surface area contributed by atoms with Crippen molar-refractivity contribution in [1.82, 2.24) is 0 Å². The van der Waals surface area contributed by atoms with E-state index >= 15 is 0 Å². The summed E-state index contributed by atoms with van der Waals surface area (Å²) >= 11 is 17.9. The van der Waals surface area contributed by atoms with Crippen LogP contribution in [0, 0.1) is 17.2 Å². The molecule has 0 saturated carbocycles. The minimum Gasteiger partial charge on any atom is -0.412 e. The van der Waals surface area contributed by atoms with E-state index in [9.17, 15) is 4.79 Å². The number of alkyl halides is 3. The van der Waals surface area contributed by atoms with Crippen LogP contribution in [0.5, 0.6) is 5.06 Å². The Kier molecular flexibility index (Phi) is 4.84. The maximum absolute atomic E-state index is 11.6. The normalized spacial score (nSPS) is 12.6. The minimum atomic E-state index is -1.92. The van der Waals surface area contributed by atoms with Gasteiger partial charge in [-0.2, -0.15) is 5.26 Å². The third kappa shape index (κ3) is 3.90. The van der Waals surface area contributed by atoms with E-state index in [1.54, 1.807) is 23.6 Å². The molecule has 7 heteroatoms. The lowest BCUT2D eigenvalue weighted by atomic mass is 10.0. The van der Waals surface area contributed by atoms with Gasteiger partial charge in [-0.3, -0.25) is 0 Å². The Morgan fingerprint density at radius 3 is 2.65 bits per heavy atom. The molecule has 0 aliphatic carbocycles. The molecule has 0 aliphatic rings. The number of nitriles is 1. The summed E-state index contributed by atoms with van der Waals surface area (Å²) in [6.45, 7) is 3.43. The first kappa shape index (κ1) is 14.3. The summed E-state index contributed by atoms with van der Waals surface area (Å²) in [5.74, 6) is -2.04. The highest BCUT2D eigenvalue weighted by molar-refractivity contribution is 7.11. The van der Waals surface area contributed by atoms with Gasteiger partial charge in [-0.15, -0.1) is 11.3 Å². The lowest BCUT2D eigenvalue weighted by Crippen LogP contribution is -2.26. The average molecular weight is 311 g/mol. The molecule has 0 amide bonds. The van der Waals surface area contributed by atoms with Gasteiger partial charge in [-0.05, 0) is 17.5 Å². The molecule has 0 aromatic carbocycles. The van der Waals surface area contributed by atoms with Gasteiger partial charge in [0, 0.05) is 0 Å². The third-order valence-corrected chi connectivity index (χ3v) is 3.16. The van der Waals surface area contributed by atoms with E-state index in [-0.39, 0.29) is 5.57 Å². The van der Waals surface area contributed by atoms with Crippen molar-refractivity contribution in [2.75, 3.05) is 0 Å². The van der Waals surface area contributed by atoms with Gasteiger partial charge in [0.2, 0.25) is 3.79 Å². The van der Waals surface area contributed by atoms with Gasteiger partial charge in [0.1, 0.15) is 5.92 Å². The van der Waals surface area contributed by atoms with Gasteiger partial charge in [-0.1, -0.05) is 41.4 Å². The molecule has 3 nitrogen and oxygen atoms in total. The van der Waals surface area contributed by atoms with Crippen LogP contribution in [0.4, 0.5) is 0 Å². The molecule has 0 spiro atoms. The first-order chi connectivity index (χ1) is 7.86. The second-order valence-corrected chi connectivity index (χ2v) is 6.23. The molecule has 0 aliphatic heterocycles. The van der Waals surface area contributed by atoms with Crippen molar-refractivity contribution < 1.29 is 9.53 Å². The number of halogens is 3. The van der Waals surface area contributed by atoms with Crippen LogP contribution in [0.1, 0.15) is 0 Å². The lowest BCUT2D eigenvalue weighted by molar-refractivity contribution is -0.130. The van der Waals surface area contributed by atoms with Crippen molar-refractivity contribution in [2.45, 2.75) is 3.79 Å². The minimum absolute atomic E-state index is 0.194. The number of carbonyl (C=O) groups is 1. The Morgan fingerprint density at radius 1 is 1.59 bits per heavy atom. The fraction of sp³-hybridized carbons (Fsp3) is 0.200. The Hall–Kier alpha value is -0.730. The monoisotopic (exact) mass is 309 g/mol. The van der Waals surface area contributed by atoms with Gasteiger partial charge >= 0.3 is 5.97 Å². The zero-order chi connectivity index (χ0) is 13.1. The Morgan fingerprint density at radius 2 is 2.24 bits per heavy atom. The standard InChI is InChI=1S/C10H6Cl3NO2S/c1-6(7(5-14)10(11,12)13)9(15)16-8-3-2-4-17-8/h2-4,7H,1H2. The van der Waals surface area contributed by atoms with Crippen LogP contribution >= 0.6 is 46.1 Å². The molecule has 0 radical (unpaired) electrons. The largest absolute Gasteiger partial charge is 0.412 e. The number of thiophene rings is 1. The topological polar surface area (TPSA) is 50.1 Å². The van der Waals surface area contributed by atoms with E-state index in [2.05, 4.69) is 6.58 Å². The van der Waals surface area contributed by atoms with Crippen molar-refractivity contribution in [3.63, 3.8) is 0 Å². The maximum Gasteiger partial charge on any atom is 0.341 e. The summed E-state index contributed by atoms with van der Waals surface area (Å²) in [7, 11) is 0. The second-order valence-electron chi connectivity index (χ2n) is 2.95. The van der Waals surface area contributed by atoms with Crippen LogP contribution in [0.15, 0.2) is 29.7 Å². The van der Waals surface area contributed by atoms with Crippen molar-refractivity contribution in [2.24, 2.45) is 5.92 Å². The van der Waals surface area contributed by atoms with E-state index in [1.165, 1.54) is 11.3 Å². The van der Waals surface area contributed by atoms with Crippen LogP contribution < -0.4 is 4.74 Å². The number of nitrogens with zero attached hydrogens (tertiary/aromatic N) is 1. The molecule has 0 N–H and O–H groups in total. The highest BCUT2D eigenvalue weighted by atomic mass is 35.6. The first-order valence-electron chi connectivity index (χ1n) is 4.27. The van der Waals surface area contributed by atoms with Gasteiger partial charge < -0.3 is 4.74 Å². The molecular weight excluding hydrogens is 305 g/mol. The van der Waals surface area contributed by atoms with E-state index in [0.717, 1.165) is 0 Å². The zero-order valence-electron chi connectivity index (χ0n) is 8.32. The fourth-order valence-electron chi connectivity index (χ4n) is 0.945. The molecule has 1 aromatic heterocycles. The van der Waals surface area contributed by atoms with Gasteiger partial charge in [0.25, 0.3) is 0 Å². The number of hydrogen-bond donors (Lipinski definition) is 0. The summed E-state index contributed by atoms with van der Waals surface area (Å²) in [5, 5.41) is 11.0. The van der Waals surface area contributed by atoms with E-state index < -0.39 is 15.7 Å². The molecule has 1 rings (SSSR count). The van der Waals surface area contributed by atoms with Crippen LogP contribution in [0.25, 0.3) is 0 Å². The van der Waals surface area contributed by atoms with Gasteiger partial charge in [-0.25, -0.2) is 4.79 Å². The highest BCUT2D eigenvalue weighted by Gasteiger charge is 2.38. The second kappa shape index (κ2) is 5.74. The Bertz CT molecular complexity index is 459. The van der Waals surface area contributed by atoms with Gasteiger partial charge in [0.05, 0.1) is 11.6 Å². The van der Waals surface area contributed by atoms with Crippen LogP contribution in [-0.2, 0) is 4.79 Å². The van der Waals surface area contributed by atoms with Crippen LogP contribution in [0.3, 0.4) is 0 Å². The number of ether oxygens (including phenoxy) is 1. The molecule has 0 fully saturated rings. The van der Waals surface area contributed by atoms with E-state index in [1.807, 2.05) is 0 Å². The van der Waals surface area contributed by atoms with Crippen molar-refractivity contribution in [1.29, 1.82) is 5.26 Å². The molecule has 90 valence electrons. The quantitative estimate of drug-likeness (QED) is 0.486. The lowest BCUT2D eigenvalue weighted by Gasteiger charge is -2.18. The Labute approximate surface area is 117 Å². The Balaban J connectivity index is 2.76. The predicted molar refractivity (Wildman–Crippen MR) is 68.5 cm³/mol. The third-order valence-electron chi connectivity index (χ3n) is 1.76. The summed E-state index contributed by atoms with van der Waals surface area (Å²) in [6.07, 6.45) is 0. The van der Waals surface area contributed by atoms with E-state index in [4.69, 9.17) is 44.8 Å². The fourth-order valence-corrected chi connectivity index (χ4v) is 2.06. The number of carbonyl (C=O) groups excluding carboxylic acids is 1. The molecule has 1 aromatic rings. The number of esters is 1. The number of rotatable bonds is 3. The van der Waals surface area contributed by atoms with E-state index in [0.29, 0.717) is 5.06 Å². The summed E-state index contributed by atoms with van der Waals surface area (Å²) in [6, 6.07) is 5.03. The number of hydrogen-bond acceptors (Lipinski definition) is 4. The smallest absolute Gasteiger partial charge is 0.341 e. The van der Waals surface area contributed by atoms with Crippen LogP contribution in [-0.4, -0.2) is 9.76 Å².